The molecule has 1 saturated heterocycles. The maximum Gasteiger partial charge on any atom is 0.326 e. The Balaban J connectivity index is 2.66. The van der Waals surface area contributed by atoms with Crippen molar-refractivity contribution in [1.29, 1.82) is 0 Å². The highest BCUT2D eigenvalue weighted by Crippen LogP contribution is 2.18. The molecule has 0 aliphatic carbocycles. The van der Waals surface area contributed by atoms with E-state index in [1.165, 1.54) is 7.11 Å². The number of rotatable bonds is 3. The van der Waals surface area contributed by atoms with Gasteiger partial charge in [-0.2, -0.15) is 0 Å². The number of carbonyl (C=O) groups is 2. The van der Waals surface area contributed by atoms with Crippen LogP contribution in [0.15, 0.2) is 0 Å². The molecule has 1 unspecified atom stereocenters. The molecule has 1 aliphatic heterocycles. The monoisotopic (exact) mass is 203 g/mol. The molecular formula is C8H13NO5. The first-order chi connectivity index (χ1) is 6.56. The zero-order chi connectivity index (χ0) is 10.7. The van der Waals surface area contributed by atoms with Gasteiger partial charge in [0.15, 0.2) is 0 Å². The first kappa shape index (κ1) is 10.9. The molecule has 6 nitrogen and oxygen atoms in total. The Morgan fingerprint density at radius 1 is 1.57 bits per heavy atom. The molecule has 14 heavy (non-hydrogen) atoms. The number of aliphatic hydroxyl groups is 1. The number of hydrogen-bond acceptors (Lipinski definition) is 4. The number of aliphatic hydroxyl groups excluding tert-OH is 1. The summed E-state index contributed by atoms with van der Waals surface area (Å²) in [5, 5.41) is 18.0. The van der Waals surface area contributed by atoms with Gasteiger partial charge in [-0.1, -0.05) is 0 Å². The standard InChI is InChI=1S/C8H13NO5/c1-14-4-7(11)9-3-5(10)2-6(9)8(12)13/h5-6,10H,2-4H2,1H3,(H,12,13)/t5?,6-/m0/s1. The van der Waals surface area contributed by atoms with Crippen molar-refractivity contribution in [2.45, 2.75) is 18.6 Å². The van der Waals surface area contributed by atoms with E-state index in [1.54, 1.807) is 0 Å². The summed E-state index contributed by atoms with van der Waals surface area (Å²) in [6.45, 7) is -0.0876. The number of amides is 1. The van der Waals surface area contributed by atoms with Gasteiger partial charge >= 0.3 is 5.97 Å². The lowest BCUT2D eigenvalue weighted by molar-refractivity contribution is -0.149. The Morgan fingerprint density at radius 2 is 2.21 bits per heavy atom. The molecule has 0 radical (unpaired) electrons. The average Bonchev–Trinajstić information content (AvgIpc) is 2.48. The van der Waals surface area contributed by atoms with E-state index in [2.05, 4.69) is 4.74 Å². The highest BCUT2D eigenvalue weighted by Gasteiger charge is 2.38. The minimum Gasteiger partial charge on any atom is -0.480 e. The van der Waals surface area contributed by atoms with E-state index in [1.807, 2.05) is 0 Å². The highest BCUT2D eigenvalue weighted by molar-refractivity contribution is 5.85. The van der Waals surface area contributed by atoms with Crippen molar-refractivity contribution in [3.63, 3.8) is 0 Å². The van der Waals surface area contributed by atoms with Gasteiger partial charge in [0.2, 0.25) is 5.91 Å². The number of carboxylic acid groups (broad SMARTS) is 1. The van der Waals surface area contributed by atoms with E-state index < -0.39 is 24.0 Å². The van der Waals surface area contributed by atoms with Gasteiger partial charge < -0.3 is 19.8 Å². The van der Waals surface area contributed by atoms with Crippen LogP contribution in [0.2, 0.25) is 0 Å². The molecule has 0 aromatic heterocycles. The van der Waals surface area contributed by atoms with Crippen LogP contribution in [-0.2, 0) is 14.3 Å². The minimum absolute atomic E-state index is 0.0686. The van der Waals surface area contributed by atoms with Crippen LogP contribution in [0.25, 0.3) is 0 Å². The van der Waals surface area contributed by atoms with Crippen LogP contribution >= 0.6 is 0 Å². The third kappa shape index (κ3) is 2.21. The fourth-order valence-corrected chi connectivity index (χ4v) is 1.53. The molecule has 1 rings (SSSR count). The molecule has 6 heteroatoms. The lowest BCUT2D eigenvalue weighted by Gasteiger charge is -2.20. The Hall–Kier alpha value is -1.14. The van der Waals surface area contributed by atoms with Crippen LogP contribution in [0, 0.1) is 0 Å². The van der Waals surface area contributed by atoms with Gasteiger partial charge in [-0.3, -0.25) is 4.79 Å². The molecule has 0 spiro atoms. The zero-order valence-electron chi connectivity index (χ0n) is 7.84. The minimum atomic E-state index is -1.09. The molecule has 1 aliphatic rings. The fourth-order valence-electron chi connectivity index (χ4n) is 1.53. The van der Waals surface area contributed by atoms with Crippen molar-refractivity contribution in [1.82, 2.24) is 4.90 Å². The lowest BCUT2D eigenvalue weighted by Crippen LogP contribution is -2.42. The van der Waals surface area contributed by atoms with E-state index in [-0.39, 0.29) is 19.6 Å². The van der Waals surface area contributed by atoms with Crippen molar-refractivity contribution in [3.05, 3.63) is 0 Å². The fraction of sp³-hybridized carbons (Fsp3) is 0.750. The molecule has 2 N–H and O–H groups in total. The second kappa shape index (κ2) is 4.39. The number of methoxy groups -OCH3 is 1. The Labute approximate surface area is 81.1 Å². The van der Waals surface area contributed by atoms with Gasteiger partial charge in [0.1, 0.15) is 12.6 Å². The molecule has 1 amide bonds. The van der Waals surface area contributed by atoms with Crippen LogP contribution in [0.3, 0.4) is 0 Å². The van der Waals surface area contributed by atoms with E-state index >= 15 is 0 Å². The van der Waals surface area contributed by atoms with Crippen LogP contribution in [0.5, 0.6) is 0 Å². The zero-order valence-corrected chi connectivity index (χ0v) is 7.84. The molecule has 2 atom stereocenters. The van der Waals surface area contributed by atoms with E-state index in [0.29, 0.717) is 0 Å². The normalized spacial score (nSPS) is 26.6. The first-order valence-corrected chi connectivity index (χ1v) is 4.25. The maximum atomic E-state index is 11.3. The molecule has 0 bridgehead atoms. The topological polar surface area (TPSA) is 87.1 Å². The number of carbonyl (C=O) groups excluding carboxylic acids is 1. The third-order valence-corrected chi connectivity index (χ3v) is 2.15. The SMILES string of the molecule is COCC(=O)N1CC(O)C[C@H]1C(=O)O. The third-order valence-electron chi connectivity index (χ3n) is 2.15. The molecular weight excluding hydrogens is 190 g/mol. The number of carboxylic acids is 1. The molecule has 1 heterocycles. The van der Waals surface area contributed by atoms with Crippen LogP contribution < -0.4 is 0 Å². The number of aliphatic carboxylic acids is 1. The van der Waals surface area contributed by atoms with Gasteiger partial charge in [-0.15, -0.1) is 0 Å². The van der Waals surface area contributed by atoms with Crippen molar-refractivity contribution in [2.24, 2.45) is 0 Å². The van der Waals surface area contributed by atoms with Crippen LogP contribution in [-0.4, -0.2) is 59.4 Å². The summed E-state index contributed by atoms with van der Waals surface area (Å²) in [7, 11) is 1.36. The molecule has 1 fully saturated rings. The predicted octanol–water partition coefficient (Wildman–Crippen LogP) is -1.32. The summed E-state index contributed by atoms with van der Waals surface area (Å²) in [6.07, 6.45) is -0.665. The van der Waals surface area contributed by atoms with E-state index in [9.17, 15) is 14.7 Å². The van der Waals surface area contributed by atoms with Crippen molar-refractivity contribution in [2.75, 3.05) is 20.3 Å². The smallest absolute Gasteiger partial charge is 0.326 e. The van der Waals surface area contributed by atoms with Gasteiger partial charge in [-0.05, 0) is 0 Å². The number of nitrogens with zero attached hydrogens (tertiary/aromatic N) is 1. The molecule has 0 aromatic carbocycles. The summed E-state index contributed by atoms with van der Waals surface area (Å²) in [6, 6.07) is -0.923. The quantitative estimate of drug-likeness (QED) is 0.594. The Kier molecular flexibility index (Phi) is 3.43. The summed E-state index contributed by atoms with van der Waals surface area (Å²) in [5.74, 6) is -1.50. The second-order valence-corrected chi connectivity index (χ2v) is 3.22. The van der Waals surface area contributed by atoms with Crippen molar-refractivity contribution < 1.29 is 24.5 Å². The number of β-amino-alcohol motifs (C(OH)–C–C–N with tert-alkyl or cyclic N) is 1. The molecule has 80 valence electrons. The first-order valence-electron chi connectivity index (χ1n) is 4.25. The van der Waals surface area contributed by atoms with Crippen molar-refractivity contribution in [3.8, 4) is 0 Å². The highest BCUT2D eigenvalue weighted by atomic mass is 16.5. The Bertz CT molecular complexity index is 242. The molecule has 0 saturated carbocycles. The predicted molar refractivity (Wildman–Crippen MR) is 45.6 cm³/mol. The van der Waals surface area contributed by atoms with Crippen LogP contribution in [0.1, 0.15) is 6.42 Å². The Morgan fingerprint density at radius 3 is 2.71 bits per heavy atom. The summed E-state index contributed by atoms with van der Waals surface area (Å²) < 4.78 is 4.61. The van der Waals surface area contributed by atoms with E-state index in [0.717, 1.165) is 4.90 Å². The van der Waals surface area contributed by atoms with Gasteiger partial charge in [0, 0.05) is 20.1 Å². The van der Waals surface area contributed by atoms with E-state index in [4.69, 9.17) is 5.11 Å². The number of likely N-dealkylation sites (tertiary alicyclic amines) is 1. The summed E-state index contributed by atoms with van der Waals surface area (Å²) >= 11 is 0. The van der Waals surface area contributed by atoms with Gasteiger partial charge in [-0.25, -0.2) is 4.79 Å². The second-order valence-electron chi connectivity index (χ2n) is 3.22. The largest absolute Gasteiger partial charge is 0.480 e. The molecule has 0 aromatic rings. The van der Waals surface area contributed by atoms with Crippen LogP contribution in [0.4, 0.5) is 0 Å². The lowest BCUT2D eigenvalue weighted by atomic mass is 10.2. The van der Waals surface area contributed by atoms with Gasteiger partial charge in [0.05, 0.1) is 6.10 Å². The number of hydrogen-bond donors (Lipinski definition) is 2. The summed E-state index contributed by atoms with van der Waals surface area (Å²) in [5.41, 5.74) is 0. The van der Waals surface area contributed by atoms with Gasteiger partial charge in [0.25, 0.3) is 0 Å². The van der Waals surface area contributed by atoms with Crippen molar-refractivity contribution >= 4 is 11.9 Å². The average molecular weight is 203 g/mol. The number of ether oxygens (including phenoxy) is 1. The maximum absolute atomic E-state index is 11.3. The summed E-state index contributed by atoms with van der Waals surface area (Å²) in [4.78, 5) is 23.2.